The van der Waals surface area contributed by atoms with Crippen molar-refractivity contribution in [1.29, 1.82) is 0 Å². The Kier molecular flexibility index (Phi) is 12.4. The standard InChI is InChI=1S/C22H35N5O2.HI/c1-6-29-15-7-13-23-22(25-16-19-8-10-20(28-5)11-9-19)24-14-12-21-17(2)26-27(4)18(21)3;/h8-11H,6-7,12-16H2,1-5H3,(H2,23,24,25);1H. The van der Waals surface area contributed by atoms with Crippen LogP contribution in [0.3, 0.4) is 0 Å². The van der Waals surface area contributed by atoms with Gasteiger partial charge in [0, 0.05) is 39.0 Å². The highest BCUT2D eigenvalue weighted by Crippen LogP contribution is 2.13. The second kappa shape index (κ2) is 14.2. The summed E-state index contributed by atoms with van der Waals surface area (Å²) in [6.07, 6.45) is 1.85. The van der Waals surface area contributed by atoms with Gasteiger partial charge in [-0.25, -0.2) is 4.99 Å². The van der Waals surface area contributed by atoms with E-state index in [4.69, 9.17) is 14.5 Å². The average molecular weight is 529 g/mol. The summed E-state index contributed by atoms with van der Waals surface area (Å²) in [6, 6.07) is 8.00. The smallest absolute Gasteiger partial charge is 0.191 e. The van der Waals surface area contributed by atoms with E-state index in [2.05, 4.69) is 29.6 Å². The highest BCUT2D eigenvalue weighted by atomic mass is 127. The summed E-state index contributed by atoms with van der Waals surface area (Å²) in [6.45, 7) is 9.92. The molecule has 0 fully saturated rings. The molecule has 0 spiro atoms. The summed E-state index contributed by atoms with van der Waals surface area (Å²) < 4.78 is 12.6. The van der Waals surface area contributed by atoms with Crippen LogP contribution in [0.4, 0.5) is 0 Å². The lowest BCUT2D eigenvalue weighted by atomic mass is 10.1. The molecule has 7 nitrogen and oxygen atoms in total. The zero-order valence-corrected chi connectivity index (χ0v) is 21.2. The fraction of sp³-hybridized carbons (Fsp3) is 0.545. The fourth-order valence-electron chi connectivity index (χ4n) is 3.09. The zero-order chi connectivity index (χ0) is 21.1. The summed E-state index contributed by atoms with van der Waals surface area (Å²) >= 11 is 0. The number of aryl methyl sites for hydroxylation is 2. The molecule has 0 saturated carbocycles. The van der Waals surface area contributed by atoms with Gasteiger partial charge in [0.25, 0.3) is 0 Å². The molecule has 0 bridgehead atoms. The Hall–Kier alpha value is -1.81. The largest absolute Gasteiger partial charge is 0.497 e. The number of guanidine groups is 1. The first kappa shape index (κ1) is 26.2. The molecule has 0 aliphatic rings. The molecule has 0 unspecified atom stereocenters. The highest BCUT2D eigenvalue weighted by Gasteiger charge is 2.09. The minimum atomic E-state index is 0. The van der Waals surface area contributed by atoms with Crippen LogP contribution in [0.5, 0.6) is 5.75 Å². The third-order valence-electron chi connectivity index (χ3n) is 4.87. The zero-order valence-electron chi connectivity index (χ0n) is 18.8. The van der Waals surface area contributed by atoms with E-state index in [1.807, 2.05) is 42.9 Å². The lowest BCUT2D eigenvalue weighted by Crippen LogP contribution is -2.39. The maximum atomic E-state index is 5.41. The van der Waals surface area contributed by atoms with Crippen LogP contribution < -0.4 is 15.4 Å². The molecule has 0 radical (unpaired) electrons. The third kappa shape index (κ3) is 8.51. The number of benzene rings is 1. The average Bonchev–Trinajstić information content (AvgIpc) is 2.97. The number of aliphatic imine (C=N–C) groups is 1. The number of hydrogen-bond donors (Lipinski definition) is 2. The summed E-state index contributed by atoms with van der Waals surface area (Å²) in [5, 5.41) is 11.4. The van der Waals surface area contributed by atoms with Gasteiger partial charge in [-0.3, -0.25) is 4.68 Å². The number of nitrogens with one attached hydrogen (secondary N) is 2. The van der Waals surface area contributed by atoms with E-state index in [1.165, 1.54) is 11.3 Å². The van der Waals surface area contributed by atoms with Crippen molar-refractivity contribution in [3.05, 3.63) is 46.8 Å². The van der Waals surface area contributed by atoms with Crippen molar-refractivity contribution in [3.8, 4) is 5.75 Å². The topological polar surface area (TPSA) is 72.7 Å². The monoisotopic (exact) mass is 529 g/mol. The second-order valence-corrected chi connectivity index (χ2v) is 6.94. The predicted octanol–water partition coefficient (Wildman–Crippen LogP) is 3.37. The number of aromatic nitrogens is 2. The number of rotatable bonds is 11. The SMILES string of the molecule is CCOCCCNC(=NCc1ccc(OC)cc1)NCCc1c(C)nn(C)c1C.I. The van der Waals surface area contributed by atoms with Crippen molar-refractivity contribution in [2.45, 2.75) is 40.2 Å². The predicted molar refractivity (Wildman–Crippen MR) is 133 cm³/mol. The molecule has 0 aliphatic carbocycles. The number of halogens is 1. The van der Waals surface area contributed by atoms with Crippen molar-refractivity contribution >= 4 is 29.9 Å². The van der Waals surface area contributed by atoms with Gasteiger partial charge in [0.2, 0.25) is 0 Å². The Balaban J connectivity index is 0.00000450. The summed E-state index contributed by atoms with van der Waals surface area (Å²) in [5.41, 5.74) is 4.74. The van der Waals surface area contributed by atoms with Gasteiger partial charge in [-0.2, -0.15) is 5.10 Å². The van der Waals surface area contributed by atoms with Crippen LogP contribution in [0.25, 0.3) is 0 Å². The minimum Gasteiger partial charge on any atom is -0.497 e. The molecule has 8 heteroatoms. The molecule has 30 heavy (non-hydrogen) atoms. The van der Waals surface area contributed by atoms with Crippen LogP contribution in [0.1, 0.15) is 35.9 Å². The first-order valence-corrected chi connectivity index (χ1v) is 10.3. The van der Waals surface area contributed by atoms with E-state index in [0.29, 0.717) is 6.54 Å². The Morgan fingerprint density at radius 2 is 1.83 bits per heavy atom. The lowest BCUT2D eigenvalue weighted by Gasteiger charge is -2.13. The van der Waals surface area contributed by atoms with E-state index in [-0.39, 0.29) is 24.0 Å². The number of methoxy groups -OCH3 is 1. The van der Waals surface area contributed by atoms with Gasteiger partial charge >= 0.3 is 0 Å². The molecule has 0 atom stereocenters. The van der Waals surface area contributed by atoms with Gasteiger partial charge in [0.05, 0.1) is 19.3 Å². The Morgan fingerprint density at radius 3 is 2.43 bits per heavy atom. The third-order valence-corrected chi connectivity index (χ3v) is 4.87. The van der Waals surface area contributed by atoms with Crippen LogP contribution in [-0.2, 0) is 24.8 Å². The van der Waals surface area contributed by atoms with Crippen LogP contribution in [0.15, 0.2) is 29.3 Å². The number of nitrogens with zero attached hydrogens (tertiary/aromatic N) is 3. The molecule has 1 aromatic heterocycles. The first-order chi connectivity index (χ1) is 14.0. The fourth-order valence-corrected chi connectivity index (χ4v) is 3.09. The Labute approximate surface area is 197 Å². The van der Waals surface area contributed by atoms with E-state index in [9.17, 15) is 0 Å². The summed E-state index contributed by atoms with van der Waals surface area (Å²) in [7, 11) is 3.66. The lowest BCUT2D eigenvalue weighted by molar-refractivity contribution is 0.145. The highest BCUT2D eigenvalue weighted by molar-refractivity contribution is 14.0. The van der Waals surface area contributed by atoms with Crippen LogP contribution in [0.2, 0.25) is 0 Å². The summed E-state index contributed by atoms with van der Waals surface area (Å²) in [4.78, 5) is 4.74. The van der Waals surface area contributed by atoms with Crippen molar-refractivity contribution in [2.75, 3.05) is 33.4 Å². The quantitative estimate of drug-likeness (QED) is 0.202. The van der Waals surface area contributed by atoms with Gasteiger partial charge in [-0.15, -0.1) is 24.0 Å². The van der Waals surface area contributed by atoms with Gasteiger partial charge in [0.1, 0.15) is 5.75 Å². The first-order valence-electron chi connectivity index (χ1n) is 10.3. The molecule has 1 heterocycles. The van der Waals surface area contributed by atoms with Gasteiger partial charge in [-0.05, 0) is 56.9 Å². The Bertz CT molecular complexity index is 775. The van der Waals surface area contributed by atoms with Crippen LogP contribution in [-0.4, -0.2) is 49.2 Å². The molecule has 2 N–H and O–H groups in total. The van der Waals surface area contributed by atoms with Crippen LogP contribution >= 0.6 is 24.0 Å². The maximum Gasteiger partial charge on any atom is 0.191 e. The van der Waals surface area contributed by atoms with Crippen molar-refractivity contribution in [2.24, 2.45) is 12.0 Å². The molecular weight excluding hydrogens is 493 g/mol. The normalized spacial score (nSPS) is 11.2. The maximum absolute atomic E-state index is 5.41. The van der Waals surface area contributed by atoms with Gasteiger partial charge < -0.3 is 20.1 Å². The molecule has 168 valence electrons. The number of ether oxygens (including phenoxy) is 2. The molecule has 2 aromatic rings. The Morgan fingerprint density at radius 1 is 1.13 bits per heavy atom. The minimum absolute atomic E-state index is 0. The van der Waals surface area contributed by atoms with Crippen molar-refractivity contribution < 1.29 is 9.47 Å². The molecule has 0 saturated heterocycles. The summed E-state index contributed by atoms with van der Waals surface area (Å²) in [5.74, 6) is 1.67. The van der Waals surface area contributed by atoms with Gasteiger partial charge in [-0.1, -0.05) is 12.1 Å². The van der Waals surface area contributed by atoms with E-state index >= 15 is 0 Å². The van der Waals surface area contributed by atoms with Crippen molar-refractivity contribution in [1.82, 2.24) is 20.4 Å². The molecule has 0 amide bonds. The molecule has 1 aromatic carbocycles. The van der Waals surface area contributed by atoms with Gasteiger partial charge in [0.15, 0.2) is 5.96 Å². The second-order valence-electron chi connectivity index (χ2n) is 6.94. The molecular formula is C22H36IN5O2. The molecule has 2 rings (SSSR count). The van der Waals surface area contributed by atoms with Crippen molar-refractivity contribution in [3.63, 3.8) is 0 Å². The van der Waals surface area contributed by atoms with E-state index < -0.39 is 0 Å². The van der Waals surface area contributed by atoms with E-state index in [0.717, 1.165) is 62.1 Å². The molecule has 0 aliphatic heterocycles. The number of hydrogen-bond acceptors (Lipinski definition) is 4. The van der Waals surface area contributed by atoms with E-state index in [1.54, 1.807) is 7.11 Å². The van der Waals surface area contributed by atoms with Crippen LogP contribution in [0, 0.1) is 13.8 Å².